The maximum atomic E-state index is 12.8. The summed E-state index contributed by atoms with van der Waals surface area (Å²) < 4.78 is 0. The highest BCUT2D eigenvalue weighted by molar-refractivity contribution is 7.08. The van der Waals surface area contributed by atoms with Crippen LogP contribution in [0.4, 0.5) is 4.79 Å². The molecule has 1 unspecified atom stereocenters. The fraction of sp³-hybridized carbons (Fsp3) is 0.294. The van der Waals surface area contributed by atoms with Crippen LogP contribution in [0.5, 0.6) is 0 Å². The zero-order valence-electron chi connectivity index (χ0n) is 12.7. The van der Waals surface area contributed by atoms with Crippen molar-refractivity contribution in [1.82, 2.24) is 10.2 Å². The zero-order valence-corrected chi connectivity index (χ0v) is 13.5. The van der Waals surface area contributed by atoms with Crippen molar-refractivity contribution in [2.45, 2.75) is 25.4 Å². The number of nitrogens with one attached hydrogen (secondary N) is 1. The molecular formula is C17H19N3O2S. The van der Waals surface area contributed by atoms with Gasteiger partial charge in [-0.25, -0.2) is 4.79 Å². The summed E-state index contributed by atoms with van der Waals surface area (Å²) in [4.78, 5) is 25.4. The van der Waals surface area contributed by atoms with Crippen LogP contribution in [0.3, 0.4) is 0 Å². The first-order chi connectivity index (χ1) is 11.1. The van der Waals surface area contributed by atoms with E-state index in [-0.39, 0.29) is 11.9 Å². The number of nitrogens with zero attached hydrogens (tertiary/aromatic N) is 1. The first-order valence-corrected chi connectivity index (χ1v) is 8.55. The van der Waals surface area contributed by atoms with Crippen LogP contribution < -0.4 is 11.1 Å². The quantitative estimate of drug-likeness (QED) is 0.905. The molecule has 0 saturated carbocycles. The normalized spacial score (nSPS) is 17.2. The van der Waals surface area contributed by atoms with Crippen LogP contribution in [-0.2, 0) is 6.54 Å². The Morgan fingerprint density at radius 1 is 1.26 bits per heavy atom. The zero-order chi connectivity index (χ0) is 16.2. The predicted molar refractivity (Wildman–Crippen MR) is 90.2 cm³/mol. The molecule has 0 aliphatic carbocycles. The molecular weight excluding hydrogens is 310 g/mol. The maximum Gasteiger partial charge on any atom is 0.312 e. The topological polar surface area (TPSA) is 75.4 Å². The third-order valence-corrected chi connectivity index (χ3v) is 4.81. The Hall–Kier alpha value is -2.34. The standard InChI is InChI=1S/C17H19N3O2S/c18-17(22)19-10-12-3-5-13(6-4-12)16(21)20-8-1-2-15(20)14-7-9-23-11-14/h3-7,9,11,15H,1-2,8,10H2,(H3,18,19,22). The van der Waals surface area contributed by atoms with Crippen LogP contribution in [0.1, 0.15) is 40.4 Å². The molecule has 1 aliphatic rings. The Balaban J connectivity index is 1.71. The second-order valence-corrected chi connectivity index (χ2v) is 6.41. The Bertz CT molecular complexity index is 682. The number of nitrogens with two attached hydrogens (primary N) is 1. The number of hydrogen-bond acceptors (Lipinski definition) is 3. The minimum Gasteiger partial charge on any atom is -0.352 e. The van der Waals surface area contributed by atoms with Crippen molar-refractivity contribution in [2.75, 3.05) is 6.54 Å². The Morgan fingerprint density at radius 3 is 2.70 bits per heavy atom. The van der Waals surface area contributed by atoms with Gasteiger partial charge in [-0.2, -0.15) is 11.3 Å². The van der Waals surface area contributed by atoms with Crippen molar-refractivity contribution < 1.29 is 9.59 Å². The van der Waals surface area contributed by atoms with Gasteiger partial charge in [0.1, 0.15) is 0 Å². The molecule has 1 saturated heterocycles. The molecule has 3 N–H and O–H groups in total. The first kappa shape index (κ1) is 15.6. The van der Waals surface area contributed by atoms with Gasteiger partial charge in [-0.15, -0.1) is 0 Å². The monoisotopic (exact) mass is 329 g/mol. The highest BCUT2D eigenvalue weighted by Gasteiger charge is 2.30. The first-order valence-electron chi connectivity index (χ1n) is 7.60. The molecule has 0 radical (unpaired) electrons. The molecule has 1 aliphatic heterocycles. The third-order valence-electron chi connectivity index (χ3n) is 4.11. The number of urea groups is 1. The average Bonchev–Trinajstić information content (AvgIpc) is 3.23. The van der Waals surface area contributed by atoms with Crippen LogP contribution in [0.25, 0.3) is 0 Å². The Kier molecular flexibility index (Phi) is 4.62. The van der Waals surface area contributed by atoms with Gasteiger partial charge in [0.2, 0.25) is 0 Å². The lowest BCUT2D eigenvalue weighted by Gasteiger charge is -2.24. The number of primary amides is 1. The number of thiophene rings is 1. The summed E-state index contributed by atoms with van der Waals surface area (Å²) in [5.74, 6) is 0.0631. The highest BCUT2D eigenvalue weighted by Crippen LogP contribution is 2.34. The van der Waals surface area contributed by atoms with E-state index in [4.69, 9.17) is 5.73 Å². The van der Waals surface area contributed by atoms with E-state index in [1.54, 1.807) is 11.3 Å². The van der Waals surface area contributed by atoms with E-state index >= 15 is 0 Å². The Labute approximate surface area is 139 Å². The maximum absolute atomic E-state index is 12.8. The van der Waals surface area contributed by atoms with Gasteiger partial charge < -0.3 is 16.0 Å². The van der Waals surface area contributed by atoms with Crippen molar-refractivity contribution in [1.29, 1.82) is 0 Å². The SMILES string of the molecule is NC(=O)NCc1ccc(C(=O)N2CCCC2c2ccsc2)cc1. The minimum atomic E-state index is -0.555. The molecule has 0 bridgehead atoms. The van der Waals surface area contributed by atoms with Gasteiger partial charge in [0.15, 0.2) is 0 Å². The van der Waals surface area contributed by atoms with E-state index in [9.17, 15) is 9.59 Å². The van der Waals surface area contributed by atoms with Crippen LogP contribution in [0.15, 0.2) is 41.1 Å². The molecule has 0 spiro atoms. The molecule has 1 atom stereocenters. The fourth-order valence-corrected chi connectivity index (χ4v) is 3.65. The van der Waals surface area contributed by atoms with E-state index in [0.717, 1.165) is 24.9 Å². The molecule has 3 rings (SSSR count). The number of carbonyl (C=O) groups is 2. The van der Waals surface area contributed by atoms with Gasteiger partial charge in [0, 0.05) is 18.7 Å². The largest absolute Gasteiger partial charge is 0.352 e. The van der Waals surface area contributed by atoms with Crippen LogP contribution in [0.2, 0.25) is 0 Å². The van der Waals surface area contributed by atoms with Gasteiger partial charge in [-0.1, -0.05) is 12.1 Å². The van der Waals surface area contributed by atoms with Gasteiger partial charge >= 0.3 is 6.03 Å². The molecule has 5 nitrogen and oxygen atoms in total. The van der Waals surface area contributed by atoms with Gasteiger partial charge in [0.25, 0.3) is 5.91 Å². The van der Waals surface area contributed by atoms with Gasteiger partial charge in [0.05, 0.1) is 6.04 Å². The lowest BCUT2D eigenvalue weighted by Crippen LogP contribution is -2.30. The lowest BCUT2D eigenvalue weighted by atomic mass is 10.1. The second kappa shape index (κ2) is 6.83. The number of amides is 3. The predicted octanol–water partition coefficient (Wildman–Crippen LogP) is 2.89. The van der Waals surface area contributed by atoms with Gasteiger partial charge in [-0.3, -0.25) is 4.79 Å². The number of likely N-dealkylation sites (tertiary alicyclic amines) is 1. The molecule has 120 valence electrons. The van der Waals surface area contributed by atoms with E-state index < -0.39 is 6.03 Å². The number of carbonyl (C=O) groups excluding carboxylic acids is 2. The smallest absolute Gasteiger partial charge is 0.312 e. The summed E-state index contributed by atoms with van der Waals surface area (Å²) in [6.07, 6.45) is 2.05. The summed E-state index contributed by atoms with van der Waals surface area (Å²) in [5.41, 5.74) is 7.87. The molecule has 1 fully saturated rings. The minimum absolute atomic E-state index is 0.0631. The van der Waals surface area contributed by atoms with E-state index in [1.165, 1.54) is 5.56 Å². The van der Waals surface area contributed by atoms with Gasteiger partial charge in [-0.05, 0) is 52.9 Å². The fourth-order valence-electron chi connectivity index (χ4n) is 2.94. The van der Waals surface area contributed by atoms with E-state index in [1.807, 2.05) is 29.2 Å². The van der Waals surface area contributed by atoms with Crippen LogP contribution >= 0.6 is 11.3 Å². The highest BCUT2D eigenvalue weighted by atomic mass is 32.1. The number of hydrogen-bond donors (Lipinski definition) is 2. The number of benzene rings is 1. The summed E-state index contributed by atoms with van der Waals surface area (Å²) in [7, 11) is 0. The summed E-state index contributed by atoms with van der Waals surface area (Å²) >= 11 is 1.66. The molecule has 2 heterocycles. The summed E-state index contributed by atoms with van der Waals surface area (Å²) in [6.45, 7) is 1.16. The Morgan fingerprint density at radius 2 is 2.04 bits per heavy atom. The second-order valence-electron chi connectivity index (χ2n) is 5.63. The molecule has 23 heavy (non-hydrogen) atoms. The van der Waals surface area contributed by atoms with Crippen molar-refractivity contribution >= 4 is 23.3 Å². The molecule has 2 aromatic rings. The average molecular weight is 329 g/mol. The molecule has 6 heteroatoms. The summed E-state index contributed by atoms with van der Waals surface area (Å²) in [6, 6.07) is 9.04. The number of rotatable bonds is 4. The van der Waals surface area contributed by atoms with E-state index in [0.29, 0.717) is 12.1 Å². The van der Waals surface area contributed by atoms with Crippen molar-refractivity contribution in [3.63, 3.8) is 0 Å². The summed E-state index contributed by atoms with van der Waals surface area (Å²) in [5, 5.41) is 6.71. The molecule has 3 amide bonds. The van der Waals surface area contributed by atoms with Crippen LogP contribution in [0, 0.1) is 0 Å². The van der Waals surface area contributed by atoms with Crippen molar-refractivity contribution in [2.24, 2.45) is 5.73 Å². The van der Waals surface area contributed by atoms with Crippen molar-refractivity contribution in [3.05, 3.63) is 57.8 Å². The van der Waals surface area contributed by atoms with E-state index in [2.05, 4.69) is 22.1 Å². The molecule has 1 aromatic heterocycles. The lowest BCUT2D eigenvalue weighted by molar-refractivity contribution is 0.0736. The van der Waals surface area contributed by atoms with Crippen molar-refractivity contribution in [3.8, 4) is 0 Å². The van der Waals surface area contributed by atoms with Crippen LogP contribution in [-0.4, -0.2) is 23.4 Å². The third kappa shape index (κ3) is 3.53. The molecule has 1 aromatic carbocycles.